The van der Waals surface area contributed by atoms with Crippen molar-refractivity contribution in [3.05, 3.63) is 111 Å². The van der Waals surface area contributed by atoms with Gasteiger partial charge in [-0.3, -0.25) is 9.59 Å². The van der Waals surface area contributed by atoms with Crippen LogP contribution in [0.5, 0.6) is 0 Å². The van der Waals surface area contributed by atoms with Gasteiger partial charge in [-0.15, -0.1) is 0 Å². The van der Waals surface area contributed by atoms with Crippen molar-refractivity contribution in [3.63, 3.8) is 0 Å². The Bertz CT molecular complexity index is 970. The molecular formula is C23H15Cl2NO2. The van der Waals surface area contributed by atoms with E-state index in [0.29, 0.717) is 10.0 Å². The Kier molecular flexibility index (Phi) is 6.53. The molecule has 0 saturated heterocycles. The van der Waals surface area contributed by atoms with E-state index in [1.54, 1.807) is 78.9 Å². The van der Waals surface area contributed by atoms with Gasteiger partial charge in [0.1, 0.15) is 11.4 Å². The van der Waals surface area contributed by atoms with Crippen LogP contribution >= 0.6 is 23.2 Å². The van der Waals surface area contributed by atoms with Crippen LogP contribution in [0.1, 0.15) is 32.1 Å². The average Bonchev–Trinajstić information content (AvgIpc) is 2.72. The summed E-state index contributed by atoms with van der Waals surface area (Å²) in [5.74, 6) is -0.572. The van der Waals surface area contributed by atoms with Crippen LogP contribution in [0, 0.1) is 0 Å². The third kappa shape index (κ3) is 5.49. The van der Waals surface area contributed by atoms with E-state index in [4.69, 9.17) is 23.2 Å². The summed E-state index contributed by atoms with van der Waals surface area (Å²) in [7, 11) is 0. The molecule has 0 amide bonds. The van der Waals surface area contributed by atoms with E-state index in [1.807, 2.05) is 0 Å². The summed E-state index contributed by atoms with van der Waals surface area (Å²) in [6, 6.07) is 19.0. The fourth-order valence-electron chi connectivity index (χ4n) is 2.37. The Morgan fingerprint density at radius 1 is 0.643 bits per heavy atom. The lowest BCUT2D eigenvalue weighted by Crippen LogP contribution is -2.05. The van der Waals surface area contributed by atoms with Crippen molar-refractivity contribution in [2.45, 2.75) is 0 Å². The monoisotopic (exact) mass is 407 g/mol. The van der Waals surface area contributed by atoms with E-state index >= 15 is 0 Å². The molecule has 0 bridgehead atoms. The molecule has 3 rings (SSSR count). The number of pyridine rings is 1. The predicted octanol–water partition coefficient (Wildman–Crippen LogP) is 6.18. The first-order chi connectivity index (χ1) is 13.5. The standard InChI is InChI=1S/C23H15Cl2NO2/c24-18-10-4-16(5-11-18)8-14-22(27)20-2-1-3-21(26-20)23(28)15-9-17-6-12-19(25)13-7-17/h1-15H/b14-8+,15-9+. The van der Waals surface area contributed by atoms with Gasteiger partial charge in [0.05, 0.1) is 0 Å². The number of rotatable bonds is 6. The second-order valence-electron chi connectivity index (χ2n) is 5.91. The lowest BCUT2D eigenvalue weighted by molar-refractivity contribution is 0.104. The molecule has 0 atom stereocenters. The van der Waals surface area contributed by atoms with Crippen molar-refractivity contribution >= 4 is 46.9 Å². The second-order valence-corrected chi connectivity index (χ2v) is 6.78. The Hall–Kier alpha value is -3.01. The zero-order chi connectivity index (χ0) is 19.9. The number of nitrogens with zero attached hydrogens (tertiary/aromatic N) is 1. The number of halogens is 2. The molecule has 0 spiro atoms. The van der Waals surface area contributed by atoms with E-state index in [9.17, 15) is 9.59 Å². The van der Waals surface area contributed by atoms with Crippen LogP contribution in [0.25, 0.3) is 12.2 Å². The number of benzene rings is 2. The minimum atomic E-state index is -0.286. The molecule has 5 heteroatoms. The van der Waals surface area contributed by atoms with Crippen molar-refractivity contribution in [3.8, 4) is 0 Å². The smallest absolute Gasteiger partial charge is 0.204 e. The van der Waals surface area contributed by atoms with Gasteiger partial charge in [-0.1, -0.05) is 65.7 Å². The summed E-state index contributed by atoms with van der Waals surface area (Å²) in [5.41, 5.74) is 2.10. The van der Waals surface area contributed by atoms with Crippen LogP contribution in [-0.2, 0) is 0 Å². The van der Waals surface area contributed by atoms with Gasteiger partial charge in [-0.05, 0) is 59.7 Å². The van der Waals surface area contributed by atoms with Gasteiger partial charge in [-0.2, -0.15) is 0 Å². The van der Waals surface area contributed by atoms with Crippen molar-refractivity contribution in [1.82, 2.24) is 4.98 Å². The molecule has 0 aliphatic carbocycles. The maximum Gasteiger partial charge on any atom is 0.204 e. The lowest BCUT2D eigenvalue weighted by Gasteiger charge is -2.00. The van der Waals surface area contributed by atoms with Crippen LogP contribution in [0.2, 0.25) is 10.0 Å². The van der Waals surface area contributed by atoms with E-state index < -0.39 is 0 Å². The van der Waals surface area contributed by atoms with Gasteiger partial charge in [-0.25, -0.2) is 4.98 Å². The predicted molar refractivity (Wildman–Crippen MR) is 114 cm³/mol. The van der Waals surface area contributed by atoms with Gasteiger partial charge in [0.15, 0.2) is 0 Å². The zero-order valence-electron chi connectivity index (χ0n) is 14.7. The molecule has 0 fully saturated rings. The summed E-state index contributed by atoms with van der Waals surface area (Å²) >= 11 is 11.7. The number of carbonyl (C=O) groups is 2. The van der Waals surface area contributed by atoms with Gasteiger partial charge in [0.2, 0.25) is 11.6 Å². The van der Waals surface area contributed by atoms with E-state index in [2.05, 4.69) is 4.98 Å². The molecule has 2 aromatic carbocycles. The highest BCUT2D eigenvalue weighted by Gasteiger charge is 2.09. The van der Waals surface area contributed by atoms with Crippen LogP contribution in [0.3, 0.4) is 0 Å². The summed E-state index contributed by atoms with van der Waals surface area (Å²) in [4.78, 5) is 28.9. The lowest BCUT2D eigenvalue weighted by atomic mass is 10.1. The summed E-state index contributed by atoms with van der Waals surface area (Å²) in [6.07, 6.45) is 6.19. The van der Waals surface area contributed by atoms with E-state index in [1.165, 1.54) is 12.2 Å². The van der Waals surface area contributed by atoms with Crippen LogP contribution < -0.4 is 0 Å². The highest BCUT2D eigenvalue weighted by molar-refractivity contribution is 6.30. The number of hydrogen-bond acceptors (Lipinski definition) is 3. The van der Waals surface area contributed by atoms with Gasteiger partial charge in [0, 0.05) is 10.0 Å². The molecule has 28 heavy (non-hydrogen) atoms. The summed E-state index contributed by atoms with van der Waals surface area (Å²) in [6.45, 7) is 0. The van der Waals surface area contributed by atoms with Gasteiger partial charge >= 0.3 is 0 Å². The van der Waals surface area contributed by atoms with Gasteiger partial charge < -0.3 is 0 Å². The second kappa shape index (κ2) is 9.27. The number of carbonyl (C=O) groups excluding carboxylic acids is 2. The Morgan fingerprint density at radius 2 is 1.04 bits per heavy atom. The summed E-state index contributed by atoms with van der Waals surface area (Å²) < 4.78 is 0. The number of allylic oxidation sites excluding steroid dienone is 2. The van der Waals surface area contributed by atoms with Crippen molar-refractivity contribution in [2.75, 3.05) is 0 Å². The first kappa shape index (κ1) is 19.7. The molecule has 0 aliphatic rings. The topological polar surface area (TPSA) is 47.0 Å². The zero-order valence-corrected chi connectivity index (χ0v) is 16.2. The van der Waals surface area contributed by atoms with E-state index in [0.717, 1.165) is 11.1 Å². The number of hydrogen-bond donors (Lipinski definition) is 0. The Morgan fingerprint density at radius 3 is 1.43 bits per heavy atom. The maximum absolute atomic E-state index is 12.4. The minimum Gasteiger partial charge on any atom is -0.288 e. The van der Waals surface area contributed by atoms with Crippen molar-refractivity contribution in [2.24, 2.45) is 0 Å². The minimum absolute atomic E-state index is 0.205. The highest BCUT2D eigenvalue weighted by atomic mass is 35.5. The summed E-state index contributed by atoms with van der Waals surface area (Å²) in [5, 5.41) is 1.26. The first-order valence-corrected chi connectivity index (χ1v) is 9.20. The van der Waals surface area contributed by atoms with Crippen molar-refractivity contribution < 1.29 is 9.59 Å². The third-order valence-corrected chi connectivity index (χ3v) is 4.35. The molecule has 0 N–H and O–H groups in total. The SMILES string of the molecule is O=C(/C=C/c1ccc(Cl)cc1)c1cccc(C(=O)/C=C/c2ccc(Cl)cc2)n1. The molecular weight excluding hydrogens is 393 g/mol. The van der Waals surface area contributed by atoms with Crippen LogP contribution in [-0.4, -0.2) is 16.6 Å². The quantitative estimate of drug-likeness (QED) is 0.361. The highest BCUT2D eigenvalue weighted by Crippen LogP contribution is 2.13. The van der Waals surface area contributed by atoms with Crippen LogP contribution in [0.4, 0.5) is 0 Å². The average molecular weight is 408 g/mol. The molecule has 0 radical (unpaired) electrons. The molecule has 1 aromatic heterocycles. The first-order valence-electron chi connectivity index (χ1n) is 8.44. The largest absolute Gasteiger partial charge is 0.288 e. The molecule has 3 aromatic rings. The number of aromatic nitrogens is 1. The molecule has 138 valence electrons. The molecule has 3 nitrogen and oxygen atoms in total. The third-order valence-electron chi connectivity index (χ3n) is 3.85. The van der Waals surface area contributed by atoms with Crippen LogP contribution in [0.15, 0.2) is 78.9 Å². The van der Waals surface area contributed by atoms with Gasteiger partial charge in [0.25, 0.3) is 0 Å². The normalized spacial score (nSPS) is 11.2. The number of ketones is 2. The Balaban J connectivity index is 1.71. The molecule has 0 aliphatic heterocycles. The molecule has 1 heterocycles. The molecule has 0 saturated carbocycles. The Labute approximate surface area is 173 Å². The van der Waals surface area contributed by atoms with Crippen molar-refractivity contribution in [1.29, 1.82) is 0 Å². The molecule has 0 unspecified atom stereocenters. The van der Waals surface area contributed by atoms with E-state index in [-0.39, 0.29) is 23.0 Å². The fourth-order valence-corrected chi connectivity index (χ4v) is 2.62. The fraction of sp³-hybridized carbons (Fsp3) is 0. The maximum atomic E-state index is 12.4.